The van der Waals surface area contributed by atoms with E-state index in [1.165, 1.54) is 19.2 Å². The minimum Gasteiger partial charge on any atom is -0.494 e. The Labute approximate surface area is 143 Å². The predicted molar refractivity (Wildman–Crippen MR) is 86.5 cm³/mol. The maximum atomic E-state index is 13.5. The van der Waals surface area contributed by atoms with Crippen LogP contribution in [0, 0.1) is 5.82 Å². The van der Waals surface area contributed by atoms with Gasteiger partial charge in [0.1, 0.15) is 0 Å². The summed E-state index contributed by atoms with van der Waals surface area (Å²) in [4.78, 5) is 23.5. The van der Waals surface area contributed by atoms with Crippen LogP contribution in [0.25, 0.3) is 0 Å². The lowest BCUT2D eigenvalue weighted by Crippen LogP contribution is -2.28. The molecule has 2 aromatic rings. The number of benzene rings is 2. The second-order valence-corrected chi connectivity index (χ2v) is 5.27. The zero-order valence-corrected chi connectivity index (χ0v) is 13.6. The second-order valence-electron chi connectivity index (χ2n) is 4.83. The summed E-state index contributed by atoms with van der Waals surface area (Å²) in [5, 5.41) is 3.16. The molecular weight excluding hydrogens is 337 g/mol. The van der Waals surface area contributed by atoms with E-state index in [2.05, 4.69) is 5.32 Å². The average molecular weight is 352 g/mol. The third-order valence-corrected chi connectivity index (χ3v) is 3.34. The molecule has 0 unspecified atom stereocenters. The van der Waals surface area contributed by atoms with Crippen molar-refractivity contribution in [2.24, 2.45) is 0 Å². The summed E-state index contributed by atoms with van der Waals surface area (Å²) in [6.07, 6.45) is 0. The van der Waals surface area contributed by atoms with E-state index in [0.717, 1.165) is 11.6 Å². The maximum Gasteiger partial charge on any atom is 0.338 e. The zero-order valence-electron chi connectivity index (χ0n) is 12.8. The Kier molecular flexibility index (Phi) is 6.14. The first kappa shape index (κ1) is 17.7. The molecule has 0 aromatic heterocycles. The van der Waals surface area contributed by atoms with E-state index in [1.807, 2.05) is 0 Å². The Bertz CT molecular complexity index is 751. The van der Waals surface area contributed by atoms with Gasteiger partial charge in [-0.1, -0.05) is 23.7 Å². The molecule has 0 atom stereocenters. The molecule has 24 heavy (non-hydrogen) atoms. The van der Waals surface area contributed by atoms with Crippen LogP contribution in [0.3, 0.4) is 0 Å². The standard InChI is InChI=1S/C17H15ClFNO4/c1-23-15-6-5-12(8-14(15)19)17(22)24-10-16(21)20-9-11-3-2-4-13(18)7-11/h2-8H,9-10H2,1H3,(H,20,21). The van der Waals surface area contributed by atoms with Gasteiger partial charge in [-0.05, 0) is 35.9 Å². The normalized spacial score (nSPS) is 10.1. The van der Waals surface area contributed by atoms with Crippen LogP contribution in [0.4, 0.5) is 4.39 Å². The van der Waals surface area contributed by atoms with Crippen molar-refractivity contribution in [3.8, 4) is 5.75 Å². The lowest BCUT2D eigenvalue weighted by molar-refractivity contribution is -0.124. The van der Waals surface area contributed by atoms with Crippen molar-refractivity contribution < 1.29 is 23.5 Å². The van der Waals surface area contributed by atoms with Gasteiger partial charge in [-0.3, -0.25) is 4.79 Å². The van der Waals surface area contributed by atoms with Crippen molar-refractivity contribution in [2.45, 2.75) is 6.54 Å². The van der Waals surface area contributed by atoms with E-state index >= 15 is 0 Å². The Morgan fingerprint density at radius 1 is 1.21 bits per heavy atom. The van der Waals surface area contributed by atoms with Gasteiger partial charge < -0.3 is 14.8 Å². The highest BCUT2D eigenvalue weighted by Crippen LogP contribution is 2.18. The number of carbonyl (C=O) groups is 2. The van der Waals surface area contributed by atoms with Crippen molar-refractivity contribution in [1.29, 1.82) is 0 Å². The van der Waals surface area contributed by atoms with Crippen LogP contribution in [0.1, 0.15) is 15.9 Å². The lowest BCUT2D eigenvalue weighted by atomic mass is 10.2. The molecule has 0 aliphatic heterocycles. The summed E-state index contributed by atoms with van der Waals surface area (Å²) in [5.41, 5.74) is 0.815. The molecule has 0 aliphatic rings. The number of carbonyl (C=O) groups excluding carboxylic acids is 2. The SMILES string of the molecule is COc1ccc(C(=O)OCC(=O)NCc2cccc(Cl)c2)cc1F. The van der Waals surface area contributed by atoms with Gasteiger partial charge in [-0.25, -0.2) is 9.18 Å². The molecule has 2 rings (SSSR count). The van der Waals surface area contributed by atoms with Crippen molar-refractivity contribution in [2.75, 3.05) is 13.7 Å². The fraction of sp³-hybridized carbons (Fsp3) is 0.176. The van der Waals surface area contributed by atoms with Crippen molar-refractivity contribution in [3.05, 3.63) is 64.4 Å². The molecule has 126 valence electrons. The highest BCUT2D eigenvalue weighted by Gasteiger charge is 2.13. The third kappa shape index (κ3) is 4.96. The molecule has 0 heterocycles. The largest absolute Gasteiger partial charge is 0.494 e. The number of nitrogens with one attached hydrogen (secondary N) is 1. The molecule has 0 aliphatic carbocycles. The van der Waals surface area contributed by atoms with E-state index in [0.29, 0.717) is 5.02 Å². The number of rotatable bonds is 6. The topological polar surface area (TPSA) is 64.6 Å². The number of esters is 1. The molecule has 0 spiro atoms. The maximum absolute atomic E-state index is 13.5. The van der Waals surface area contributed by atoms with Crippen LogP contribution in [0.15, 0.2) is 42.5 Å². The number of hydrogen-bond acceptors (Lipinski definition) is 4. The van der Waals surface area contributed by atoms with Crippen LogP contribution in [-0.4, -0.2) is 25.6 Å². The van der Waals surface area contributed by atoms with Gasteiger partial charge in [0, 0.05) is 11.6 Å². The number of hydrogen-bond donors (Lipinski definition) is 1. The Morgan fingerprint density at radius 2 is 2.00 bits per heavy atom. The molecule has 0 saturated heterocycles. The molecule has 0 fully saturated rings. The number of halogens is 2. The van der Waals surface area contributed by atoms with E-state index < -0.39 is 24.3 Å². The van der Waals surface area contributed by atoms with Crippen molar-refractivity contribution in [1.82, 2.24) is 5.32 Å². The van der Waals surface area contributed by atoms with Gasteiger partial charge in [-0.15, -0.1) is 0 Å². The van der Waals surface area contributed by atoms with Gasteiger partial charge in [0.15, 0.2) is 18.2 Å². The smallest absolute Gasteiger partial charge is 0.338 e. The highest BCUT2D eigenvalue weighted by atomic mass is 35.5. The molecule has 0 saturated carbocycles. The van der Waals surface area contributed by atoms with Gasteiger partial charge in [-0.2, -0.15) is 0 Å². The molecular formula is C17H15ClFNO4. The fourth-order valence-electron chi connectivity index (χ4n) is 1.91. The minimum atomic E-state index is -0.797. The van der Waals surface area contributed by atoms with E-state index in [9.17, 15) is 14.0 Å². The summed E-state index contributed by atoms with van der Waals surface area (Å²) in [5.74, 6) is -1.94. The molecule has 0 radical (unpaired) electrons. The summed E-state index contributed by atoms with van der Waals surface area (Å²) in [7, 11) is 1.32. The van der Waals surface area contributed by atoms with Crippen LogP contribution >= 0.6 is 11.6 Å². The van der Waals surface area contributed by atoms with E-state index in [4.69, 9.17) is 21.1 Å². The first-order valence-corrected chi connectivity index (χ1v) is 7.39. The summed E-state index contributed by atoms with van der Waals surface area (Å²) in [6.45, 7) is -0.207. The monoisotopic (exact) mass is 351 g/mol. The van der Waals surface area contributed by atoms with Gasteiger partial charge >= 0.3 is 5.97 Å². The molecule has 5 nitrogen and oxygen atoms in total. The molecule has 1 amide bonds. The van der Waals surface area contributed by atoms with E-state index in [-0.39, 0.29) is 17.9 Å². The lowest BCUT2D eigenvalue weighted by Gasteiger charge is -2.08. The van der Waals surface area contributed by atoms with Crippen LogP contribution in [0.2, 0.25) is 5.02 Å². The Balaban J connectivity index is 1.82. The molecule has 0 bridgehead atoms. The molecule has 7 heteroatoms. The second kappa shape index (κ2) is 8.31. The average Bonchev–Trinajstić information content (AvgIpc) is 2.57. The van der Waals surface area contributed by atoms with Crippen LogP contribution in [0.5, 0.6) is 5.75 Å². The minimum absolute atomic E-state index is 0.00376. The number of methoxy groups -OCH3 is 1. The highest BCUT2D eigenvalue weighted by molar-refractivity contribution is 6.30. The van der Waals surface area contributed by atoms with Gasteiger partial charge in [0.25, 0.3) is 5.91 Å². The quantitative estimate of drug-likeness (QED) is 0.813. The molecule has 1 N–H and O–H groups in total. The summed E-state index contributed by atoms with van der Waals surface area (Å²) in [6, 6.07) is 10.7. The number of ether oxygens (including phenoxy) is 2. The fourth-order valence-corrected chi connectivity index (χ4v) is 2.12. The first-order valence-electron chi connectivity index (χ1n) is 7.01. The third-order valence-electron chi connectivity index (χ3n) is 3.10. The molecule has 2 aromatic carbocycles. The van der Waals surface area contributed by atoms with Crippen LogP contribution < -0.4 is 10.1 Å². The first-order chi connectivity index (χ1) is 11.5. The Morgan fingerprint density at radius 3 is 2.67 bits per heavy atom. The Hall–Kier alpha value is -2.60. The number of amides is 1. The zero-order chi connectivity index (χ0) is 17.5. The summed E-state index contributed by atoms with van der Waals surface area (Å²) >= 11 is 5.84. The summed E-state index contributed by atoms with van der Waals surface area (Å²) < 4.78 is 23.1. The van der Waals surface area contributed by atoms with Gasteiger partial charge in [0.2, 0.25) is 0 Å². The predicted octanol–water partition coefficient (Wildman–Crippen LogP) is 2.96. The van der Waals surface area contributed by atoms with Gasteiger partial charge in [0.05, 0.1) is 12.7 Å². The van der Waals surface area contributed by atoms with E-state index in [1.54, 1.807) is 24.3 Å². The van der Waals surface area contributed by atoms with Crippen molar-refractivity contribution in [3.63, 3.8) is 0 Å². The van der Waals surface area contributed by atoms with Crippen molar-refractivity contribution >= 4 is 23.5 Å². The van der Waals surface area contributed by atoms with Crippen LogP contribution in [-0.2, 0) is 16.1 Å².